The molecule has 0 aliphatic carbocycles. The Kier molecular flexibility index (Phi) is 3.28. The summed E-state index contributed by atoms with van der Waals surface area (Å²) in [6, 6.07) is 5.87. The van der Waals surface area contributed by atoms with Crippen molar-refractivity contribution in [2.24, 2.45) is 0 Å². The minimum absolute atomic E-state index is 0.307. The lowest BCUT2D eigenvalue weighted by atomic mass is 9.94. The lowest BCUT2D eigenvalue weighted by molar-refractivity contribution is 0.407. The van der Waals surface area contributed by atoms with Crippen LogP contribution in [0.2, 0.25) is 0 Å². The van der Waals surface area contributed by atoms with E-state index in [2.05, 4.69) is 31.1 Å². The van der Waals surface area contributed by atoms with Crippen LogP contribution in [0.1, 0.15) is 30.9 Å². The molecule has 2 rings (SSSR count). The molecule has 0 aliphatic rings. The van der Waals surface area contributed by atoms with Crippen molar-refractivity contribution in [2.75, 3.05) is 12.8 Å². The Hall–Kier alpha value is -1.97. The maximum absolute atomic E-state index is 5.59. The first-order chi connectivity index (χ1) is 8.54. The van der Waals surface area contributed by atoms with E-state index in [0.29, 0.717) is 17.5 Å². The van der Waals surface area contributed by atoms with E-state index in [1.54, 1.807) is 13.2 Å². The Morgan fingerprint density at radius 3 is 2.56 bits per heavy atom. The predicted octanol–water partition coefficient (Wildman–Crippen LogP) is 3.36. The van der Waals surface area contributed by atoms with E-state index in [-0.39, 0.29) is 0 Å². The maximum atomic E-state index is 5.59. The van der Waals surface area contributed by atoms with Gasteiger partial charge in [0.25, 0.3) is 0 Å². The molecule has 4 nitrogen and oxygen atoms in total. The third-order valence-electron chi connectivity index (χ3n) is 3.01. The third kappa shape index (κ3) is 2.06. The van der Waals surface area contributed by atoms with Crippen molar-refractivity contribution in [1.82, 2.24) is 5.16 Å². The van der Waals surface area contributed by atoms with E-state index in [4.69, 9.17) is 15.0 Å². The van der Waals surface area contributed by atoms with Crippen molar-refractivity contribution in [2.45, 2.75) is 26.7 Å². The molecule has 0 bridgehead atoms. The number of hydrogen-bond donors (Lipinski definition) is 1. The minimum atomic E-state index is 0.307. The molecule has 0 amide bonds. The summed E-state index contributed by atoms with van der Waals surface area (Å²) in [5, 5.41) is 3.98. The molecular formula is C14H18N2O2. The zero-order chi connectivity index (χ0) is 13.3. The number of aryl methyl sites for hydroxylation is 1. The number of anilines is 1. The minimum Gasteiger partial charge on any atom is -0.496 e. The van der Waals surface area contributed by atoms with Crippen molar-refractivity contribution in [3.63, 3.8) is 0 Å². The Labute approximate surface area is 107 Å². The molecule has 0 spiro atoms. The summed E-state index contributed by atoms with van der Waals surface area (Å²) < 4.78 is 10.5. The number of nitrogen functional groups attached to an aromatic ring is 1. The first-order valence-corrected chi connectivity index (χ1v) is 5.94. The molecular weight excluding hydrogens is 228 g/mol. The maximum Gasteiger partial charge on any atom is 0.222 e. The third-order valence-corrected chi connectivity index (χ3v) is 3.01. The topological polar surface area (TPSA) is 61.3 Å². The van der Waals surface area contributed by atoms with Gasteiger partial charge in [0, 0.05) is 11.6 Å². The Morgan fingerprint density at radius 2 is 2.06 bits per heavy atom. The van der Waals surface area contributed by atoms with Gasteiger partial charge in [-0.25, -0.2) is 0 Å². The number of ether oxygens (including phenoxy) is 1. The van der Waals surface area contributed by atoms with Gasteiger partial charge in [-0.2, -0.15) is 0 Å². The van der Waals surface area contributed by atoms with Gasteiger partial charge in [0.2, 0.25) is 5.88 Å². The molecule has 96 valence electrons. The molecule has 0 atom stereocenters. The standard InChI is InChI=1S/C14H18N2O2/c1-8(2)10-6-5-9(3)13(14(10)17-4)11-7-12(15)18-16-11/h5-8H,15H2,1-4H3. The van der Waals surface area contributed by atoms with Crippen LogP contribution in [0.3, 0.4) is 0 Å². The quantitative estimate of drug-likeness (QED) is 0.902. The molecule has 2 N–H and O–H groups in total. The highest BCUT2D eigenvalue weighted by Gasteiger charge is 2.18. The van der Waals surface area contributed by atoms with Gasteiger partial charge in [-0.3, -0.25) is 0 Å². The molecule has 0 aliphatic heterocycles. The van der Waals surface area contributed by atoms with Crippen LogP contribution in [0, 0.1) is 6.92 Å². The highest BCUT2D eigenvalue weighted by atomic mass is 16.5. The van der Waals surface area contributed by atoms with Crippen LogP contribution >= 0.6 is 0 Å². The molecule has 1 aromatic heterocycles. The predicted molar refractivity (Wildman–Crippen MR) is 71.7 cm³/mol. The molecule has 1 heterocycles. The zero-order valence-corrected chi connectivity index (χ0v) is 11.2. The van der Waals surface area contributed by atoms with Gasteiger partial charge in [0.05, 0.1) is 7.11 Å². The summed E-state index contributed by atoms with van der Waals surface area (Å²) >= 11 is 0. The molecule has 2 aromatic rings. The summed E-state index contributed by atoms with van der Waals surface area (Å²) in [4.78, 5) is 0. The van der Waals surface area contributed by atoms with E-state index < -0.39 is 0 Å². The average molecular weight is 246 g/mol. The second-order valence-electron chi connectivity index (χ2n) is 4.65. The first kappa shape index (κ1) is 12.5. The fraction of sp³-hybridized carbons (Fsp3) is 0.357. The largest absolute Gasteiger partial charge is 0.496 e. The van der Waals surface area contributed by atoms with Crippen molar-refractivity contribution in [1.29, 1.82) is 0 Å². The Balaban J connectivity index is 2.68. The number of rotatable bonds is 3. The van der Waals surface area contributed by atoms with Gasteiger partial charge >= 0.3 is 0 Å². The van der Waals surface area contributed by atoms with Gasteiger partial charge in [0.15, 0.2) is 0 Å². The Morgan fingerprint density at radius 1 is 1.33 bits per heavy atom. The number of nitrogens with two attached hydrogens (primary N) is 1. The number of nitrogens with zero attached hydrogens (tertiary/aromatic N) is 1. The number of hydrogen-bond acceptors (Lipinski definition) is 4. The highest BCUT2D eigenvalue weighted by Crippen LogP contribution is 2.38. The summed E-state index contributed by atoms with van der Waals surface area (Å²) in [6.07, 6.45) is 0. The van der Waals surface area contributed by atoms with Gasteiger partial charge in [-0.15, -0.1) is 0 Å². The Bertz CT molecular complexity index is 559. The SMILES string of the molecule is COc1c(C(C)C)ccc(C)c1-c1cc(N)on1. The highest BCUT2D eigenvalue weighted by molar-refractivity contribution is 5.74. The fourth-order valence-corrected chi connectivity index (χ4v) is 2.10. The van der Waals surface area contributed by atoms with E-state index in [0.717, 1.165) is 22.4 Å². The molecule has 0 fully saturated rings. The normalized spacial score (nSPS) is 10.9. The summed E-state index contributed by atoms with van der Waals surface area (Å²) in [6.45, 7) is 6.29. The van der Waals surface area contributed by atoms with Crippen molar-refractivity contribution in [3.05, 3.63) is 29.3 Å². The van der Waals surface area contributed by atoms with Crippen molar-refractivity contribution in [3.8, 4) is 17.0 Å². The molecule has 0 saturated heterocycles. The van der Waals surface area contributed by atoms with Crippen LogP contribution in [0.5, 0.6) is 5.75 Å². The zero-order valence-electron chi connectivity index (χ0n) is 11.2. The number of benzene rings is 1. The van der Waals surface area contributed by atoms with Gasteiger partial charge in [-0.05, 0) is 24.0 Å². The summed E-state index contributed by atoms with van der Waals surface area (Å²) in [7, 11) is 1.67. The molecule has 1 aromatic carbocycles. The average Bonchev–Trinajstić information content (AvgIpc) is 2.74. The van der Waals surface area contributed by atoms with Crippen LogP contribution in [0.25, 0.3) is 11.3 Å². The van der Waals surface area contributed by atoms with Crippen LogP contribution < -0.4 is 10.5 Å². The van der Waals surface area contributed by atoms with E-state index in [9.17, 15) is 0 Å². The molecule has 4 heteroatoms. The summed E-state index contributed by atoms with van der Waals surface area (Å²) in [5.41, 5.74) is 9.49. The second-order valence-corrected chi connectivity index (χ2v) is 4.65. The van der Waals surface area contributed by atoms with E-state index in [1.165, 1.54) is 0 Å². The van der Waals surface area contributed by atoms with Gasteiger partial charge < -0.3 is 15.0 Å². The van der Waals surface area contributed by atoms with E-state index in [1.807, 2.05) is 6.92 Å². The second kappa shape index (κ2) is 4.72. The van der Waals surface area contributed by atoms with Crippen molar-refractivity contribution >= 4 is 5.88 Å². The van der Waals surface area contributed by atoms with Crippen molar-refractivity contribution < 1.29 is 9.26 Å². The van der Waals surface area contributed by atoms with Crippen LogP contribution in [0.15, 0.2) is 22.7 Å². The molecule has 18 heavy (non-hydrogen) atoms. The van der Waals surface area contributed by atoms with Gasteiger partial charge in [-0.1, -0.05) is 31.1 Å². The van der Waals surface area contributed by atoms with E-state index >= 15 is 0 Å². The molecule has 0 saturated carbocycles. The van der Waals surface area contributed by atoms with Crippen LogP contribution in [-0.2, 0) is 0 Å². The van der Waals surface area contributed by atoms with Gasteiger partial charge in [0.1, 0.15) is 11.4 Å². The summed E-state index contributed by atoms with van der Waals surface area (Å²) in [5.74, 6) is 1.53. The van der Waals surface area contributed by atoms with Crippen LogP contribution in [-0.4, -0.2) is 12.3 Å². The first-order valence-electron chi connectivity index (χ1n) is 5.94. The smallest absolute Gasteiger partial charge is 0.222 e. The molecule has 0 radical (unpaired) electrons. The monoisotopic (exact) mass is 246 g/mol. The number of aromatic nitrogens is 1. The molecule has 0 unspecified atom stereocenters. The fourth-order valence-electron chi connectivity index (χ4n) is 2.10. The van der Waals surface area contributed by atoms with Crippen LogP contribution in [0.4, 0.5) is 5.88 Å². The number of methoxy groups -OCH3 is 1. The lowest BCUT2D eigenvalue weighted by Gasteiger charge is -2.16. The lowest BCUT2D eigenvalue weighted by Crippen LogP contribution is -1.99.